The molecule has 1 nitrogen and oxygen atoms in total. The Balaban J connectivity index is 2.16. The predicted molar refractivity (Wildman–Crippen MR) is 74.3 cm³/mol. The van der Waals surface area contributed by atoms with Crippen molar-refractivity contribution in [3.63, 3.8) is 0 Å². The van der Waals surface area contributed by atoms with Crippen molar-refractivity contribution in [3.8, 4) is 5.75 Å². The molecule has 0 amide bonds. The van der Waals surface area contributed by atoms with Crippen LogP contribution in [0.3, 0.4) is 0 Å². The lowest BCUT2D eigenvalue weighted by Gasteiger charge is -2.03. The lowest BCUT2D eigenvalue weighted by molar-refractivity contribution is 0.483. The van der Waals surface area contributed by atoms with Crippen molar-refractivity contribution in [1.82, 2.24) is 0 Å². The zero-order valence-corrected chi connectivity index (χ0v) is 11.0. The van der Waals surface area contributed by atoms with Gasteiger partial charge in [0.1, 0.15) is 5.75 Å². The van der Waals surface area contributed by atoms with E-state index in [1.807, 2.05) is 12.1 Å². The Hall–Kier alpha value is -1.24. The van der Waals surface area contributed by atoms with Gasteiger partial charge in [-0.1, -0.05) is 57.7 Å². The van der Waals surface area contributed by atoms with E-state index in [4.69, 9.17) is 4.74 Å². The lowest BCUT2D eigenvalue weighted by atomic mass is 10.1. The van der Waals surface area contributed by atoms with E-state index < -0.39 is 0 Å². The first-order valence-corrected chi connectivity index (χ1v) is 6.73. The van der Waals surface area contributed by atoms with Crippen molar-refractivity contribution in [2.45, 2.75) is 51.9 Å². The van der Waals surface area contributed by atoms with E-state index in [9.17, 15) is 0 Å². The fourth-order valence-corrected chi connectivity index (χ4v) is 1.94. The second-order valence-electron chi connectivity index (χ2n) is 4.45. The van der Waals surface area contributed by atoms with E-state index in [1.54, 1.807) is 0 Å². The van der Waals surface area contributed by atoms with Crippen LogP contribution in [0.1, 0.15) is 51.0 Å². The van der Waals surface area contributed by atoms with Crippen LogP contribution < -0.4 is 4.74 Å². The normalized spacial score (nSPS) is 10.2. The summed E-state index contributed by atoms with van der Waals surface area (Å²) in [6.07, 6.45) is 10.8. The largest absolute Gasteiger partial charge is 0.466 e. The summed E-state index contributed by atoms with van der Waals surface area (Å²) in [5, 5.41) is 0. The summed E-state index contributed by atoms with van der Waals surface area (Å²) in [6.45, 7) is 5.80. The Morgan fingerprint density at radius 1 is 1.00 bits per heavy atom. The first kappa shape index (κ1) is 13.8. The monoisotopic (exact) mass is 232 g/mol. The number of benzene rings is 1. The number of ether oxygens (including phenoxy) is 1. The standard InChI is InChI=1S/C16H24O/c1-3-5-6-7-8-9-10-15-11-13-16(14-12-15)17-4-2/h4,11-14H,2-3,5-10H2,1H3. The molecule has 0 unspecified atom stereocenters. The number of unbranched alkanes of at least 4 members (excludes halogenated alkanes) is 5. The van der Waals surface area contributed by atoms with Gasteiger partial charge in [0.15, 0.2) is 0 Å². The molecule has 0 aliphatic carbocycles. The second-order valence-corrected chi connectivity index (χ2v) is 4.45. The number of rotatable bonds is 9. The second kappa shape index (κ2) is 8.86. The molecule has 0 bridgehead atoms. The van der Waals surface area contributed by atoms with Crippen LogP contribution in [0.5, 0.6) is 5.75 Å². The van der Waals surface area contributed by atoms with Crippen molar-refractivity contribution in [2.24, 2.45) is 0 Å². The summed E-state index contributed by atoms with van der Waals surface area (Å²) in [5.74, 6) is 0.867. The molecule has 1 aromatic rings. The number of aryl methyl sites for hydroxylation is 1. The minimum absolute atomic E-state index is 0.867. The van der Waals surface area contributed by atoms with Crippen molar-refractivity contribution in [1.29, 1.82) is 0 Å². The van der Waals surface area contributed by atoms with E-state index in [0.29, 0.717) is 0 Å². The summed E-state index contributed by atoms with van der Waals surface area (Å²) in [7, 11) is 0. The Morgan fingerprint density at radius 3 is 2.29 bits per heavy atom. The maximum atomic E-state index is 5.19. The van der Waals surface area contributed by atoms with E-state index in [0.717, 1.165) is 5.75 Å². The Morgan fingerprint density at radius 2 is 1.65 bits per heavy atom. The fourth-order valence-electron chi connectivity index (χ4n) is 1.94. The van der Waals surface area contributed by atoms with E-state index in [1.165, 1.54) is 56.8 Å². The highest BCUT2D eigenvalue weighted by Gasteiger charge is 1.95. The third-order valence-corrected chi connectivity index (χ3v) is 2.96. The van der Waals surface area contributed by atoms with Gasteiger partial charge in [0, 0.05) is 0 Å². The molecule has 17 heavy (non-hydrogen) atoms. The molecule has 0 atom stereocenters. The topological polar surface area (TPSA) is 9.23 Å². The zero-order valence-electron chi connectivity index (χ0n) is 11.0. The van der Waals surface area contributed by atoms with Gasteiger partial charge in [-0.15, -0.1) is 0 Å². The molecule has 94 valence electrons. The molecule has 0 saturated carbocycles. The molecule has 1 rings (SSSR count). The Kier molecular flexibility index (Phi) is 7.20. The van der Waals surface area contributed by atoms with Crippen LogP contribution in [0, 0.1) is 0 Å². The molecule has 0 aromatic heterocycles. The molecule has 1 aromatic carbocycles. The van der Waals surface area contributed by atoms with Gasteiger partial charge in [0.25, 0.3) is 0 Å². The molecule has 1 heteroatoms. The van der Waals surface area contributed by atoms with E-state index >= 15 is 0 Å². The quantitative estimate of drug-likeness (QED) is 0.424. The van der Waals surface area contributed by atoms with Gasteiger partial charge in [0.2, 0.25) is 0 Å². The van der Waals surface area contributed by atoms with E-state index in [-0.39, 0.29) is 0 Å². The summed E-state index contributed by atoms with van der Waals surface area (Å²) < 4.78 is 5.19. The van der Waals surface area contributed by atoms with Crippen molar-refractivity contribution < 1.29 is 4.74 Å². The average Bonchev–Trinajstić information content (AvgIpc) is 2.36. The SMILES string of the molecule is C=COc1ccc(CCCCCCCC)cc1. The fraction of sp³-hybridized carbons (Fsp3) is 0.500. The highest BCUT2D eigenvalue weighted by molar-refractivity contribution is 5.27. The van der Waals surface area contributed by atoms with Gasteiger partial charge in [0.05, 0.1) is 6.26 Å². The van der Waals surface area contributed by atoms with Gasteiger partial charge >= 0.3 is 0 Å². The molecule has 0 heterocycles. The van der Waals surface area contributed by atoms with E-state index in [2.05, 4.69) is 25.6 Å². The maximum absolute atomic E-state index is 5.19. The van der Waals surface area contributed by atoms with Gasteiger partial charge in [-0.2, -0.15) is 0 Å². The highest BCUT2D eigenvalue weighted by atomic mass is 16.5. The van der Waals surface area contributed by atoms with Crippen molar-refractivity contribution in [2.75, 3.05) is 0 Å². The summed E-state index contributed by atoms with van der Waals surface area (Å²) in [6, 6.07) is 8.30. The predicted octanol–water partition coefficient (Wildman–Crippen LogP) is 5.11. The van der Waals surface area contributed by atoms with Crippen LogP contribution in [0.2, 0.25) is 0 Å². The Labute approximate surface area is 106 Å². The molecule has 0 aliphatic heterocycles. The first-order chi connectivity index (χ1) is 8.36. The summed E-state index contributed by atoms with van der Waals surface area (Å²) in [5.41, 5.74) is 1.40. The van der Waals surface area contributed by atoms with Crippen LogP contribution >= 0.6 is 0 Å². The van der Waals surface area contributed by atoms with Crippen molar-refractivity contribution in [3.05, 3.63) is 42.7 Å². The first-order valence-electron chi connectivity index (χ1n) is 6.73. The smallest absolute Gasteiger partial charge is 0.126 e. The van der Waals surface area contributed by atoms with Gasteiger partial charge in [-0.05, 0) is 30.5 Å². The number of hydrogen-bond acceptors (Lipinski definition) is 1. The lowest BCUT2D eigenvalue weighted by Crippen LogP contribution is -1.87. The molecule has 0 aliphatic rings. The van der Waals surface area contributed by atoms with Gasteiger partial charge < -0.3 is 4.74 Å². The zero-order chi connectivity index (χ0) is 12.3. The summed E-state index contributed by atoms with van der Waals surface area (Å²) in [4.78, 5) is 0. The van der Waals surface area contributed by atoms with Crippen LogP contribution in [0.15, 0.2) is 37.1 Å². The minimum atomic E-state index is 0.867. The van der Waals surface area contributed by atoms with Crippen LogP contribution in [-0.4, -0.2) is 0 Å². The average molecular weight is 232 g/mol. The molecular weight excluding hydrogens is 208 g/mol. The molecule has 0 radical (unpaired) electrons. The molecule has 0 saturated heterocycles. The maximum Gasteiger partial charge on any atom is 0.126 e. The Bertz CT molecular complexity index is 300. The summed E-state index contributed by atoms with van der Waals surface area (Å²) >= 11 is 0. The minimum Gasteiger partial charge on any atom is -0.466 e. The third-order valence-electron chi connectivity index (χ3n) is 2.96. The van der Waals surface area contributed by atoms with Gasteiger partial charge in [-0.25, -0.2) is 0 Å². The van der Waals surface area contributed by atoms with Crippen LogP contribution in [-0.2, 0) is 6.42 Å². The van der Waals surface area contributed by atoms with Crippen LogP contribution in [0.4, 0.5) is 0 Å². The number of hydrogen-bond donors (Lipinski definition) is 0. The molecular formula is C16H24O. The molecule has 0 spiro atoms. The van der Waals surface area contributed by atoms with Crippen LogP contribution in [0.25, 0.3) is 0 Å². The molecule has 0 N–H and O–H groups in total. The van der Waals surface area contributed by atoms with Gasteiger partial charge in [-0.3, -0.25) is 0 Å². The van der Waals surface area contributed by atoms with Crippen molar-refractivity contribution >= 4 is 0 Å². The molecule has 0 fully saturated rings. The highest BCUT2D eigenvalue weighted by Crippen LogP contribution is 2.15. The third kappa shape index (κ3) is 6.15.